The van der Waals surface area contributed by atoms with Gasteiger partial charge in [0.25, 0.3) is 0 Å². The average Bonchev–Trinajstić information content (AvgIpc) is 2.76. The molecule has 6 heteroatoms. The van der Waals surface area contributed by atoms with Crippen molar-refractivity contribution < 1.29 is 9.66 Å². The number of nitro benzene ring substituents is 1. The summed E-state index contributed by atoms with van der Waals surface area (Å²) in [5.74, 6) is 1.09. The van der Waals surface area contributed by atoms with Crippen molar-refractivity contribution in [2.75, 3.05) is 26.7 Å². The first kappa shape index (κ1) is 12.3. The van der Waals surface area contributed by atoms with E-state index in [4.69, 9.17) is 4.74 Å². The second kappa shape index (κ2) is 5.03. The molecule has 0 bridgehead atoms. The van der Waals surface area contributed by atoms with Crippen LogP contribution in [0.2, 0.25) is 0 Å². The zero-order valence-electron chi connectivity index (χ0n) is 10.4. The van der Waals surface area contributed by atoms with Crippen molar-refractivity contribution >= 4 is 11.5 Å². The molecule has 6 nitrogen and oxygen atoms in total. The number of hydrogen-bond donors (Lipinski definition) is 0. The molecule has 1 aliphatic heterocycles. The summed E-state index contributed by atoms with van der Waals surface area (Å²) in [6, 6.07) is 4.95. The molecule has 1 aromatic rings. The van der Waals surface area contributed by atoms with E-state index in [1.165, 1.54) is 6.07 Å². The summed E-state index contributed by atoms with van der Waals surface area (Å²) in [5.41, 5.74) is 0.738. The van der Waals surface area contributed by atoms with Gasteiger partial charge in [0.1, 0.15) is 5.84 Å². The summed E-state index contributed by atoms with van der Waals surface area (Å²) in [4.78, 5) is 16.9. The van der Waals surface area contributed by atoms with Gasteiger partial charge in [-0.25, -0.2) is 0 Å². The predicted molar refractivity (Wildman–Crippen MR) is 68.3 cm³/mol. The van der Waals surface area contributed by atoms with E-state index < -0.39 is 4.92 Å². The van der Waals surface area contributed by atoms with E-state index in [-0.39, 0.29) is 5.69 Å². The third kappa shape index (κ3) is 2.27. The van der Waals surface area contributed by atoms with Crippen LogP contribution in [-0.4, -0.2) is 42.4 Å². The van der Waals surface area contributed by atoms with E-state index in [1.807, 2.05) is 11.9 Å². The Morgan fingerprint density at radius 1 is 1.56 bits per heavy atom. The number of amidine groups is 1. The number of aliphatic imine (C=N–C) groups is 1. The van der Waals surface area contributed by atoms with Crippen LogP contribution in [0.5, 0.6) is 5.75 Å². The van der Waals surface area contributed by atoms with Crippen molar-refractivity contribution in [1.29, 1.82) is 0 Å². The van der Waals surface area contributed by atoms with Crippen LogP contribution in [0.15, 0.2) is 23.2 Å². The Balaban J connectivity index is 2.40. The van der Waals surface area contributed by atoms with Gasteiger partial charge in [0, 0.05) is 25.2 Å². The molecule has 0 fully saturated rings. The minimum absolute atomic E-state index is 0.0163. The molecule has 18 heavy (non-hydrogen) atoms. The molecule has 1 heterocycles. The quantitative estimate of drug-likeness (QED) is 0.601. The van der Waals surface area contributed by atoms with Crippen LogP contribution >= 0.6 is 0 Å². The number of benzene rings is 1. The Morgan fingerprint density at radius 2 is 2.33 bits per heavy atom. The number of rotatable bonds is 4. The second-order valence-electron chi connectivity index (χ2n) is 4.00. The Labute approximate surface area is 105 Å². The summed E-state index contributed by atoms with van der Waals surface area (Å²) < 4.78 is 5.25. The van der Waals surface area contributed by atoms with Crippen molar-refractivity contribution in [3.05, 3.63) is 33.9 Å². The number of likely N-dealkylation sites (N-methyl/N-ethyl adjacent to an activating group) is 1. The smallest absolute Gasteiger partial charge is 0.311 e. The normalized spacial score (nSPS) is 14.6. The molecule has 0 radical (unpaired) electrons. The van der Waals surface area contributed by atoms with E-state index in [0.717, 1.165) is 24.5 Å². The van der Waals surface area contributed by atoms with E-state index in [2.05, 4.69) is 4.99 Å². The number of ether oxygens (including phenoxy) is 1. The lowest BCUT2D eigenvalue weighted by Gasteiger charge is -2.14. The molecule has 0 aliphatic carbocycles. The molecule has 1 aromatic carbocycles. The van der Waals surface area contributed by atoms with Crippen LogP contribution in [-0.2, 0) is 0 Å². The van der Waals surface area contributed by atoms with Crippen LogP contribution in [0.3, 0.4) is 0 Å². The van der Waals surface area contributed by atoms with Crippen LogP contribution < -0.4 is 4.74 Å². The van der Waals surface area contributed by atoms with Gasteiger partial charge >= 0.3 is 5.69 Å². The van der Waals surface area contributed by atoms with Gasteiger partial charge < -0.3 is 9.64 Å². The maximum atomic E-state index is 11.0. The summed E-state index contributed by atoms with van der Waals surface area (Å²) in [5, 5.41) is 11.0. The third-order valence-electron chi connectivity index (χ3n) is 2.77. The highest BCUT2D eigenvalue weighted by atomic mass is 16.6. The van der Waals surface area contributed by atoms with Crippen molar-refractivity contribution in [1.82, 2.24) is 4.90 Å². The van der Waals surface area contributed by atoms with Crippen LogP contribution in [0.4, 0.5) is 5.69 Å². The molecule has 2 rings (SSSR count). The maximum Gasteiger partial charge on any atom is 0.311 e. The van der Waals surface area contributed by atoms with Crippen LogP contribution in [0.1, 0.15) is 12.5 Å². The highest BCUT2D eigenvalue weighted by Crippen LogP contribution is 2.28. The molecule has 0 saturated carbocycles. The van der Waals surface area contributed by atoms with Gasteiger partial charge in [0.2, 0.25) is 0 Å². The predicted octanol–water partition coefficient (Wildman–Crippen LogP) is 1.69. The minimum atomic E-state index is -0.427. The zero-order chi connectivity index (χ0) is 13.1. The van der Waals surface area contributed by atoms with Gasteiger partial charge in [0.05, 0.1) is 18.1 Å². The zero-order valence-corrected chi connectivity index (χ0v) is 10.4. The average molecular weight is 249 g/mol. The summed E-state index contributed by atoms with van der Waals surface area (Å²) in [6.45, 7) is 3.77. The van der Waals surface area contributed by atoms with E-state index in [9.17, 15) is 10.1 Å². The maximum absolute atomic E-state index is 11.0. The molecular weight excluding hydrogens is 234 g/mol. The van der Waals surface area contributed by atoms with Crippen LogP contribution in [0, 0.1) is 10.1 Å². The Morgan fingerprint density at radius 3 is 2.89 bits per heavy atom. The lowest BCUT2D eigenvalue weighted by Crippen LogP contribution is -2.23. The highest BCUT2D eigenvalue weighted by Gasteiger charge is 2.21. The molecule has 0 spiro atoms. The van der Waals surface area contributed by atoms with E-state index >= 15 is 0 Å². The fourth-order valence-electron chi connectivity index (χ4n) is 1.92. The summed E-state index contributed by atoms with van der Waals surface area (Å²) >= 11 is 0. The van der Waals surface area contributed by atoms with Gasteiger partial charge in [-0.2, -0.15) is 0 Å². The van der Waals surface area contributed by atoms with Crippen molar-refractivity contribution in [2.24, 2.45) is 4.99 Å². The first-order valence-corrected chi connectivity index (χ1v) is 5.80. The van der Waals surface area contributed by atoms with Crippen molar-refractivity contribution in [2.45, 2.75) is 6.92 Å². The lowest BCUT2D eigenvalue weighted by atomic mass is 10.1. The van der Waals surface area contributed by atoms with Gasteiger partial charge in [-0.3, -0.25) is 15.1 Å². The molecule has 0 saturated heterocycles. The number of nitro groups is 1. The SMILES string of the molecule is CCOc1ccc(C2=NCCN2C)cc1[N+](=O)[O-]. The molecule has 0 unspecified atom stereocenters. The molecular formula is C12H15N3O3. The topological polar surface area (TPSA) is 68.0 Å². The van der Waals surface area contributed by atoms with E-state index in [0.29, 0.717) is 12.4 Å². The van der Waals surface area contributed by atoms with Crippen molar-refractivity contribution in [3.8, 4) is 5.75 Å². The standard InChI is InChI=1S/C12H15N3O3/c1-3-18-11-5-4-9(8-10(11)15(16)17)12-13-6-7-14(12)2/h4-5,8H,3,6-7H2,1-2H3. The fourth-order valence-corrected chi connectivity index (χ4v) is 1.92. The molecule has 0 amide bonds. The monoisotopic (exact) mass is 249 g/mol. The number of nitrogens with zero attached hydrogens (tertiary/aromatic N) is 3. The van der Waals surface area contributed by atoms with Gasteiger partial charge in [-0.15, -0.1) is 0 Å². The van der Waals surface area contributed by atoms with E-state index in [1.54, 1.807) is 19.1 Å². The molecule has 0 N–H and O–H groups in total. The number of hydrogen-bond acceptors (Lipinski definition) is 5. The highest BCUT2D eigenvalue weighted by molar-refractivity contribution is 6.00. The molecule has 1 aliphatic rings. The Hall–Kier alpha value is -2.11. The summed E-state index contributed by atoms with van der Waals surface area (Å²) in [6.07, 6.45) is 0. The minimum Gasteiger partial charge on any atom is -0.487 e. The fraction of sp³-hybridized carbons (Fsp3) is 0.417. The van der Waals surface area contributed by atoms with Crippen LogP contribution in [0.25, 0.3) is 0 Å². The van der Waals surface area contributed by atoms with Crippen molar-refractivity contribution in [3.63, 3.8) is 0 Å². The van der Waals surface area contributed by atoms with Gasteiger partial charge in [0.15, 0.2) is 5.75 Å². The second-order valence-corrected chi connectivity index (χ2v) is 4.00. The third-order valence-corrected chi connectivity index (χ3v) is 2.77. The molecule has 0 aromatic heterocycles. The molecule has 96 valence electrons. The first-order valence-electron chi connectivity index (χ1n) is 5.80. The Bertz CT molecular complexity index is 499. The van der Waals surface area contributed by atoms with Gasteiger partial charge in [-0.1, -0.05) is 0 Å². The summed E-state index contributed by atoms with van der Waals surface area (Å²) in [7, 11) is 1.92. The largest absolute Gasteiger partial charge is 0.487 e. The lowest BCUT2D eigenvalue weighted by molar-refractivity contribution is -0.385. The Kier molecular flexibility index (Phi) is 3.45. The van der Waals surface area contributed by atoms with Gasteiger partial charge in [-0.05, 0) is 19.1 Å². The first-order chi connectivity index (χ1) is 8.63. The molecule has 0 atom stereocenters.